The smallest absolute Gasteiger partial charge is 0.372 e. The first kappa shape index (κ1) is 25.4. The van der Waals surface area contributed by atoms with Gasteiger partial charge in [0.2, 0.25) is 6.29 Å². The minimum absolute atomic E-state index is 0.335. The SMILES string of the molecule is CC(=O)OC[C@H]1O[C@H](Oc2ccccc2N=S(=O)(F)F)[C@H](O)[C@@H](OC(C)=O)[C@H]1OC(C)=O. The summed E-state index contributed by atoms with van der Waals surface area (Å²) in [6, 6.07) is 5.01. The zero-order chi connectivity index (χ0) is 24.1. The van der Waals surface area contributed by atoms with Gasteiger partial charge in [-0.2, -0.15) is 4.21 Å². The number of esters is 3. The molecule has 32 heavy (non-hydrogen) atoms. The number of carbonyl (C=O) groups excluding carboxylic acids is 3. The summed E-state index contributed by atoms with van der Waals surface area (Å²) in [6.07, 6.45) is -7.62. The molecule has 0 bridgehead atoms. The largest absolute Gasteiger partial charge is 0.463 e. The topological polar surface area (TPSA) is 147 Å². The van der Waals surface area contributed by atoms with Crippen LogP contribution in [0.5, 0.6) is 5.75 Å². The molecule has 11 nitrogen and oxygen atoms in total. The van der Waals surface area contributed by atoms with Crippen LogP contribution in [0.15, 0.2) is 28.6 Å². The maximum atomic E-state index is 12.9. The van der Waals surface area contributed by atoms with Crippen LogP contribution >= 0.6 is 0 Å². The molecule has 178 valence electrons. The summed E-state index contributed by atoms with van der Waals surface area (Å²) in [5, 5.41) is 10.7. The minimum atomic E-state index is -5.52. The van der Waals surface area contributed by atoms with Crippen molar-refractivity contribution < 1.29 is 55.2 Å². The van der Waals surface area contributed by atoms with E-state index in [-0.39, 0.29) is 5.75 Å². The van der Waals surface area contributed by atoms with Crippen LogP contribution in [0, 0.1) is 0 Å². The number of aliphatic hydroxyl groups excluding tert-OH is 1. The van der Waals surface area contributed by atoms with Gasteiger partial charge >= 0.3 is 28.4 Å². The number of nitrogens with zero attached hydrogens (tertiary/aromatic N) is 1. The third-order valence-electron chi connectivity index (χ3n) is 3.98. The van der Waals surface area contributed by atoms with E-state index in [9.17, 15) is 31.5 Å². The molecule has 1 heterocycles. The summed E-state index contributed by atoms with van der Waals surface area (Å²) in [5.74, 6) is -2.69. The van der Waals surface area contributed by atoms with Gasteiger partial charge in [-0.3, -0.25) is 14.4 Å². The predicted octanol–water partition coefficient (Wildman–Crippen LogP) is 1.45. The lowest BCUT2D eigenvalue weighted by molar-refractivity contribution is -0.285. The molecule has 5 atom stereocenters. The van der Waals surface area contributed by atoms with Crippen LogP contribution in [-0.4, -0.2) is 64.5 Å². The van der Waals surface area contributed by atoms with Gasteiger partial charge in [0.05, 0.1) is 0 Å². The molecule has 1 aromatic rings. The standard InChI is InChI=1S/C18H21F2NO10S/c1-9(22)27-8-14-16(28-10(2)23)17(29-11(3)24)15(25)18(31-14)30-13-7-5-4-6-12(13)21-32(19,20)26/h4-7,14-18,25H,8H2,1-3H3/t14-,15-,16+,17-,18+/m1/s1. The van der Waals surface area contributed by atoms with Crippen LogP contribution in [0.1, 0.15) is 20.8 Å². The molecular formula is C18H21F2NO10S. The lowest BCUT2D eigenvalue weighted by Gasteiger charge is -2.42. The average molecular weight is 481 g/mol. The Labute approximate surface area is 182 Å². The first-order valence-electron chi connectivity index (χ1n) is 9.10. The van der Waals surface area contributed by atoms with Gasteiger partial charge in [0.15, 0.2) is 18.3 Å². The highest BCUT2D eigenvalue weighted by Gasteiger charge is 2.51. The summed E-state index contributed by atoms with van der Waals surface area (Å²) in [7, 11) is -5.52. The molecule has 1 saturated heterocycles. The van der Waals surface area contributed by atoms with Crippen molar-refractivity contribution in [3.63, 3.8) is 0 Å². The number of rotatable bonds is 7. The Bertz CT molecular complexity index is 972. The second-order valence-corrected chi connectivity index (χ2v) is 7.53. The van der Waals surface area contributed by atoms with Gasteiger partial charge in [-0.25, -0.2) is 0 Å². The normalized spacial score (nSPS) is 25.4. The van der Waals surface area contributed by atoms with Gasteiger partial charge in [0.25, 0.3) is 0 Å². The van der Waals surface area contributed by atoms with Crippen LogP contribution in [0.3, 0.4) is 0 Å². The molecule has 1 aliphatic rings. The van der Waals surface area contributed by atoms with E-state index in [2.05, 4.69) is 4.36 Å². The highest BCUT2D eigenvalue weighted by Crippen LogP contribution is 2.34. The van der Waals surface area contributed by atoms with Crippen LogP contribution < -0.4 is 4.74 Å². The van der Waals surface area contributed by atoms with Crippen molar-refractivity contribution in [2.45, 2.75) is 51.5 Å². The summed E-state index contributed by atoms with van der Waals surface area (Å²) in [5.41, 5.74) is -0.499. The molecule has 0 saturated carbocycles. The molecule has 0 spiro atoms. The molecular weight excluding hydrogens is 460 g/mol. The van der Waals surface area contributed by atoms with E-state index in [0.717, 1.165) is 26.8 Å². The fraction of sp³-hybridized carbons (Fsp3) is 0.500. The second-order valence-electron chi connectivity index (χ2n) is 6.56. The number of benzene rings is 1. The average Bonchev–Trinajstić information content (AvgIpc) is 2.65. The first-order chi connectivity index (χ1) is 14.9. The number of carbonyl (C=O) groups is 3. The molecule has 1 N–H and O–H groups in total. The minimum Gasteiger partial charge on any atom is -0.463 e. The molecule has 2 rings (SSSR count). The van der Waals surface area contributed by atoms with E-state index in [0.29, 0.717) is 0 Å². The molecule has 0 unspecified atom stereocenters. The van der Waals surface area contributed by atoms with Crippen molar-refractivity contribution in [1.29, 1.82) is 0 Å². The van der Waals surface area contributed by atoms with E-state index in [1.54, 1.807) is 0 Å². The zero-order valence-corrected chi connectivity index (χ0v) is 18.0. The second kappa shape index (κ2) is 10.7. The van der Waals surface area contributed by atoms with Crippen LogP contribution in [0.2, 0.25) is 0 Å². The van der Waals surface area contributed by atoms with E-state index in [1.165, 1.54) is 18.2 Å². The fourth-order valence-corrected chi connectivity index (χ4v) is 3.24. The van der Waals surface area contributed by atoms with Crippen molar-refractivity contribution in [3.05, 3.63) is 24.3 Å². The lowest BCUT2D eigenvalue weighted by Crippen LogP contribution is -2.62. The molecule has 0 radical (unpaired) electrons. The Kier molecular flexibility index (Phi) is 8.46. The Hall–Kier alpha value is -2.84. The van der Waals surface area contributed by atoms with Crippen molar-refractivity contribution in [2.75, 3.05) is 6.61 Å². The van der Waals surface area contributed by atoms with E-state index in [4.69, 9.17) is 23.7 Å². The zero-order valence-electron chi connectivity index (χ0n) is 17.1. The van der Waals surface area contributed by atoms with Crippen molar-refractivity contribution in [1.82, 2.24) is 0 Å². The van der Waals surface area contributed by atoms with Gasteiger partial charge in [0, 0.05) is 20.8 Å². The van der Waals surface area contributed by atoms with Crippen LogP contribution in [0.4, 0.5) is 13.5 Å². The molecule has 1 aliphatic heterocycles. The monoisotopic (exact) mass is 481 g/mol. The number of hydrogen-bond acceptors (Lipinski definition) is 11. The maximum Gasteiger partial charge on any atom is 0.372 e. The van der Waals surface area contributed by atoms with Gasteiger partial charge in [-0.1, -0.05) is 19.9 Å². The number of halogens is 2. The number of ether oxygens (including phenoxy) is 5. The van der Waals surface area contributed by atoms with Crippen molar-refractivity contribution in [2.24, 2.45) is 4.36 Å². The number of hydrogen-bond donors (Lipinski definition) is 1. The van der Waals surface area contributed by atoms with Crippen LogP contribution in [0.25, 0.3) is 0 Å². The summed E-state index contributed by atoms with van der Waals surface area (Å²) in [6.45, 7) is 2.73. The number of aliphatic hydroxyl groups is 1. The Morgan fingerprint density at radius 2 is 1.66 bits per heavy atom. The number of para-hydroxylation sites is 1. The first-order valence-corrected chi connectivity index (χ1v) is 10.4. The molecule has 0 amide bonds. The van der Waals surface area contributed by atoms with Gasteiger partial charge in [0.1, 0.15) is 24.1 Å². The maximum absolute atomic E-state index is 12.9. The van der Waals surface area contributed by atoms with Crippen molar-refractivity contribution in [3.8, 4) is 5.75 Å². The lowest BCUT2D eigenvalue weighted by atomic mass is 9.98. The molecule has 0 aromatic heterocycles. The fourth-order valence-electron chi connectivity index (χ4n) is 2.86. The molecule has 1 fully saturated rings. The summed E-state index contributed by atoms with van der Waals surface area (Å²) in [4.78, 5) is 34.3. The van der Waals surface area contributed by atoms with Crippen LogP contribution in [-0.2, 0) is 43.8 Å². The highest BCUT2D eigenvalue weighted by atomic mass is 32.3. The van der Waals surface area contributed by atoms with E-state index >= 15 is 0 Å². The van der Waals surface area contributed by atoms with Gasteiger partial charge in [-0.15, -0.1) is 4.36 Å². The molecule has 0 aliphatic carbocycles. The van der Waals surface area contributed by atoms with Gasteiger partial charge < -0.3 is 28.8 Å². The Morgan fingerprint density at radius 1 is 1.06 bits per heavy atom. The molecule has 14 heteroatoms. The van der Waals surface area contributed by atoms with E-state index in [1.807, 2.05) is 0 Å². The Balaban J connectivity index is 2.41. The predicted molar refractivity (Wildman–Crippen MR) is 102 cm³/mol. The third kappa shape index (κ3) is 7.39. The Morgan fingerprint density at radius 3 is 2.22 bits per heavy atom. The summed E-state index contributed by atoms with van der Waals surface area (Å²) >= 11 is 0. The summed E-state index contributed by atoms with van der Waals surface area (Å²) < 4.78 is 65.5. The third-order valence-corrected chi connectivity index (χ3v) is 4.39. The highest BCUT2D eigenvalue weighted by molar-refractivity contribution is 7.83. The molecule has 1 aromatic carbocycles. The quantitative estimate of drug-likeness (QED) is 0.345. The van der Waals surface area contributed by atoms with E-state index < -0.39 is 71.4 Å². The van der Waals surface area contributed by atoms with Crippen molar-refractivity contribution >= 4 is 34.1 Å². The van der Waals surface area contributed by atoms with Gasteiger partial charge in [-0.05, 0) is 12.1 Å².